The molecule has 6 heteroatoms. The second kappa shape index (κ2) is 5.88. The molecule has 1 aromatic heterocycles. The first-order valence-electron chi connectivity index (χ1n) is 7.27. The summed E-state index contributed by atoms with van der Waals surface area (Å²) in [5, 5.41) is 6.35. The highest BCUT2D eigenvalue weighted by Gasteiger charge is 2.33. The van der Waals surface area contributed by atoms with E-state index in [-0.39, 0.29) is 5.91 Å². The Balaban J connectivity index is 2.02. The standard InChI is InChI=1S/C16H17N3O2S/c1-4-12(21-5-2)14-10(3)18-19(15(14)20)16-17-11-8-6-7-9-13(11)22-16/h6-9H,4-5H2,1-3H3/b14-12-. The zero-order valence-electron chi connectivity index (χ0n) is 12.8. The number of ether oxygens (including phenoxy) is 1. The quantitative estimate of drug-likeness (QED) is 0.638. The summed E-state index contributed by atoms with van der Waals surface area (Å²) in [4.78, 5) is 17.2. The Labute approximate surface area is 132 Å². The highest BCUT2D eigenvalue weighted by Crippen LogP contribution is 2.33. The Hall–Kier alpha value is -2.21. The lowest BCUT2D eigenvalue weighted by Gasteiger charge is -2.10. The van der Waals surface area contributed by atoms with Crippen molar-refractivity contribution < 1.29 is 9.53 Å². The molecule has 1 aliphatic rings. The lowest BCUT2D eigenvalue weighted by molar-refractivity contribution is -0.114. The number of hydrogen-bond acceptors (Lipinski definition) is 5. The summed E-state index contributed by atoms with van der Waals surface area (Å²) in [6.07, 6.45) is 0.662. The zero-order chi connectivity index (χ0) is 15.7. The number of aromatic nitrogens is 1. The number of nitrogens with zero attached hydrogens (tertiary/aromatic N) is 3. The molecule has 1 aliphatic heterocycles. The molecule has 0 fully saturated rings. The van der Waals surface area contributed by atoms with E-state index in [0.717, 1.165) is 10.2 Å². The molecule has 0 saturated carbocycles. The topological polar surface area (TPSA) is 54.8 Å². The fraction of sp³-hybridized carbons (Fsp3) is 0.312. The molecule has 22 heavy (non-hydrogen) atoms. The SMILES string of the molecule is CCO/C(CC)=C1\C(=O)N(c2nc3ccccc3s2)N=C1C. The van der Waals surface area contributed by atoms with E-state index in [0.29, 0.717) is 35.2 Å². The van der Waals surface area contributed by atoms with Crippen molar-refractivity contribution in [3.63, 3.8) is 0 Å². The van der Waals surface area contributed by atoms with E-state index in [4.69, 9.17) is 4.74 Å². The molecule has 114 valence electrons. The number of anilines is 1. The van der Waals surface area contributed by atoms with Crippen LogP contribution in [0.3, 0.4) is 0 Å². The molecule has 2 aromatic rings. The first kappa shape index (κ1) is 14.7. The number of hydrazone groups is 1. The molecule has 0 N–H and O–H groups in total. The van der Waals surface area contributed by atoms with Gasteiger partial charge in [-0.2, -0.15) is 10.1 Å². The minimum Gasteiger partial charge on any atom is -0.497 e. The number of fused-ring (bicyclic) bond motifs is 1. The third-order valence-electron chi connectivity index (χ3n) is 3.40. The second-order valence-electron chi connectivity index (χ2n) is 4.85. The van der Waals surface area contributed by atoms with Gasteiger partial charge in [-0.3, -0.25) is 4.79 Å². The minimum absolute atomic E-state index is 0.165. The molecule has 2 heterocycles. The summed E-state index contributed by atoms with van der Waals surface area (Å²) in [5.74, 6) is 0.527. The Kier molecular flexibility index (Phi) is 3.94. The number of hydrogen-bond donors (Lipinski definition) is 0. The Morgan fingerprint density at radius 2 is 2.09 bits per heavy atom. The molecular weight excluding hydrogens is 298 g/mol. The summed E-state index contributed by atoms with van der Waals surface area (Å²) in [5.41, 5.74) is 2.11. The van der Waals surface area contributed by atoms with E-state index < -0.39 is 0 Å². The maximum atomic E-state index is 12.7. The Morgan fingerprint density at radius 3 is 2.77 bits per heavy atom. The van der Waals surface area contributed by atoms with Gasteiger partial charge < -0.3 is 4.74 Å². The van der Waals surface area contributed by atoms with Crippen LogP contribution in [0.25, 0.3) is 10.2 Å². The number of thiazole rings is 1. The van der Waals surface area contributed by atoms with Gasteiger partial charge in [0.15, 0.2) is 0 Å². The number of benzene rings is 1. The van der Waals surface area contributed by atoms with Gasteiger partial charge >= 0.3 is 0 Å². The molecule has 0 aliphatic carbocycles. The fourth-order valence-electron chi connectivity index (χ4n) is 2.43. The highest BCUT2D eigenvalue weighted by atomic mass is 32.1. The molecular formula is C16H17N3O2S. The van der Waals surface area contributed by atoms with E-state index in [9.17, 15) is 4.79 Å². The van der Waals surface area contributed by atoms with Crippen molar-refractivity contribution in [1.82, 2.24) is 4.98 Å². The van der Waals surface area contributed by atoms with Gasteiger partial charge in [0.25, 0.3) is 5.91 Å². The number of carbonyl (C=O) groups is 1. The maximum absolute atomic E-state index is 12.7. The number of rotatable bonds is 4. The van der Waals surface area contributed by atoms with Crippen LogP contribution >= 0.6 is 11.3 Å². The van der Waals surface area contributed by atoms with E-state index in [2.05, 4.69) is 10.1 Å². The number of para-hydroxylation sites is 1. The number of carbonyl (C=O) groups excluding carboxylic acids is 1. The molecule has 0 spiro atoms. The summed E-state index contributed by atoms with van der Waals surface area (Å²) < 4.78 is 6.63. The molecule has 0 unspecified atom stereocenters. The Morgan fingerprint density at radius 1 is 1.32 bits per heavy atom. The summed E-state index contributed by atoms with van der Waals surface area (Å²) in [7, 11) is 0. The van der Waals surface area contributed by atoms with Crippen LogP contribution in [-0.2, 0) is 9.53 Å². The van der Waals surface area contributed by atoms with Crippen molar-refractivity contribution in [3.8, 4) is 0 Å². The maximum Gasteiger partial charge on any atom is 0.286 e. The molecule has 0 radical (unpaired) electrons. The average molecular weight is 315 g/mol. The van der Waals surface area contributed by atoms with Crippen LogP contribution in [0, 0.1) is 0 Å². The van der Waals surface area contributed by atoms with Crippen molar-refractivity contribution in [1.29, 1.82) is 0 Å². The second-order valence-corrected chi connectivity index (χ2v) is 5.86. The fourth-order valence-corrected chi connectivity index (χ4v) is 3.35. The monoisotopic (exact) mass is 315 g/mol. The van der Waals surface area contributed by atoms with Gasteiger partial charge in [0, 0.05) is 6.42 Å². The zero-order valence-corrected chi connectivity index (χ0v) is 13.6. The van der Waals surface area contributed by atoms with Gasteiger partial charge in [0.1, 0.15) is 11.3 Å². The summed E-state index contributed by atoms with van der Waals surface area (Å²) in [6.45, 7) is 6.25. The van der Waals surface area contributed by atoms with Crippen molar-refractivity contribution in [2.24, 2.45) is 5.10 Å². The van der Waals surface area contributed by atoms with Crippen molar-refractivity contribution in [3.05, 3.63) is 35.6 Å². The van der Waals surface area contributed by atoms with Gasteiger partial charge in [-0.1, -0.05) is 30.4 Å². The van der Waals surface area contributed by atoms with Crippen LogP contribution in [0.4, 0.5) is 5.13 Å². The number of allylic oxidation sites excluding steroid dienone is 1. The molecule has 1 amide bonds. The minimum atomic E-state index is -0.165. The van der Waals surface area contributed by atoms with Crippen LogP contribution in [0.1, 0.15) is 27.2 Å². The van der Waals surface area contributed by atoms with Gasteiger partial charge in [-0.05, 0) is 26.0 Å². The van der Waals surface area contributed by atoms with E-state index >= 15 is 0 Å². The van der Waals surface area contributed by atoms with Gasteiger partial charge in [0.05, 0.1) is 22.5 Å². The average Bonchev–Trinajstić information content (AvgIpc) is 3.06. The lowest BCUT2D eigenvalue weighted by Crippen LogP contribution is -2.22. The van der Waals surface area contributed by atoms with Crippen LogP contribution in [0.5, 0.6) is 0 Å². The van der Waals surface area contributed by atoms with Crippen molar-refractivity contribution in [2.45, 2.75) is 27.2 Å². The molecule has 1 aromatic carbocycles. The van der Waals surface area contributed by atoms with E-state index in [1.54, 1.807) is 0 Å². The molecule has 3 rings (SSSR count). The summed E-state index contributed by atoms with van der Waals surface area (Å²) in [6, 6.07) is 7.81. The first-order chi connectivity index (χ1) is 10.7. The van der Waals surface area contributed by atoms with Crippen LogP contribution in [-0.4, -0.2) is 23.2 Å². The van der Waals surface area contributed by atoms with Crippen molar-refractivity contribution >= 4 is 38.3 Å². The van der Waals surface area contributed by atoms with Gasteiger partial charge in [0.2, 0.25) is 5.13 Å². The molecule has 5 nitrogen and oxygen atoms in total. The molecule has 0 saturated heterocycles. The third-order valence-corrected chi connectivity index (χ3v) is 4.41. The molecule has 0 atom stereocenters. The highest BCUT2D eigenvalue weighted by molar-refractivity contribution is 7.22. The van der Waals surface area contributed by atoms with Gasteiger partial charge in [-0.15, -0.1) is 0 Å². The smallest absolute Gasteiger partial charge is 0.286 e. The predicted octanol–water partition coefficient (Wildman–Crippen LogP) is 3.72. The third kappa shape index (κ3) is 2.39. The number of amides is 1. The largest absolute Gasteiger partial charge is 0.497 e. The van der Waals surface area contributed by atoms with Crippen LogP contribution in [0.2, 0.25) is 0 Å². The summed E-state index contributed by atoms with van der Waals surface area (Å²) >= 11 is 1.46. The van der Waals surface area contributed by atoms with Gasteiger partial charge in [-0.25, -0.2) is 4.98 Å². The van der Waals surface area contributed by atoms with Crippen molar-refractivity contribution in [2.75, 3.05) is 11.6 Å². The van der Waals surface area contributed by atoms with E-state index in [1.807, 2.05) is 45.0 Å². The Bertz CT molecular complexity index is 759. The predicted molar refractivity (Wildman–Crippen MR) is 89.2 cm³/mol. The normalized spacial score (nSPS) is 17.1. The molecule has 0 bridgehead atoms. The first-order valence-corrected chi connectivity index (χ1v) is 8.08. The van der Waals surface area contributed by atoms with Crippen LogP contribution < -0.4 is 5.01 Å². The van der Waals surface area contributed by atoms with Crippen LogP contribution in [0.15, 0.2) is 40.7 Å². The van der Waals surface area contributed by atoms with E-state index in [1.165, 1.54) is 16.3 Å². The lowest BCUT2D eigenvalue weighted by atomic mass is 10.1.